The van der Waals surface area contributed by atoms with E-state index >= 15 is 0 Å². The highest BCUT2D eigenvalue weighted by atomic mass is 32.2. The molecule has 2 N–H and O–H groups in total. The summed E-state index contributed by atoms with van der Waals surface area (Å²) in [5.74, 6) is -0.234. The first-order valence-electron chi connectivity index (χ1n) is 7.30. The van der Waals surface area contributed by atoms with Gasteiger partial charge in [-0.2, -0.15) is 8.78 Å². The Morgan fingerprint density at radius 1 is 1.20 bits per heavy atom. The first-order chi connectivity index (χ1) is 11.8. The SMILES string of the molecule is O=C1Cc2cc(S(=O)(=O)NCc3cccc(OC(F)F)c3)ccc2N1. The van der Waals surface area contributed by atoms with Crippen molar-refractivity contribution in [1.82, 2.24) is 4.72 Å². The van der Waals surface area contributed by atoms with Crippen LogP contribution in [0.1, 0.15) is 11.1 Å². The summed E-state index contributed by atoms with van der Waals surface area (Å²) in [5, 5.41) is 2.63. The minimum absolute atomic E-state index is 0.0303. The molecule has 1 amide bonds. The van der Waals surface area contributed by atoms with Crippen molar-refractivity contribution in [3.05, 3.63) is 53.6 Å². The summed E-state index contributed by atoms with van der Waals surface area (Å²) in [5.41, 5.74) is 1.68. The van der Waals surface area contributed by atoms with Crippen LogP contribution >= 0.6 is 0 Å². The number of hydrogen-bond acceptors (Lipinski definition) is 4. The van der Waals surface area contributed by atoms with Gasteiger partial charge in [0, 0.05) is 12.2 Å². The molecule has 9 heteroatoms. The number of carbonyl (C=O) groups is 1. The van der Waals surface area contributed by atoms with E-state index in [1.54, 1.807) is 6.07 Å². The molecule has 0 aliphatic carbocycles. The first-order valence-corrected chi connectivity index (χ1v) is 8.78. The molecule has 2 aromatic carbocycles. The summed E-state index contributed by atoms with van der Waals surface area (Å²) in [6, 6.07) is 10.1. The van der Waals surface area contributed by atoms with E-state index in [2.05, 4.69) is 14.8 Å². The molecule has 3 rings (SSSR count). The van der Waals surface area contributed by atoms with Crippen LogP contribution in [0.3, 0.4) is 0 Å². The van der Waals surface area contributed by atoms with Crippen molar-refractivity contribution in [2.24, 2.45) is 0 Å². The van der Waals surface area contributed by atoms with Crippen molar-refractivity contribution in [3.63, 3.8) is 0 Å². The van der Waals surface area contributed by atoms with E-state index < -0.39 is 16.6 Å². The Kier molecular flexibility index (Phi) is 4.69. The second-order valence-electron chi connectivity index (χ2n) is 5.39. The van der Waals surface area contributed by atoms with Crippen molar-refractivity contribution in [3.8, 4) is 5.75 Å². The molecule has 0 unspecified atom stereocenters. The first kappa shape index (κ1) is 17.3. The van der Waals surface area contributed by atoms with Gasteiger partial charge in [0.25, 0.3) is 0 Å². The number of ether oxygens (including phenoxy) is 1. The molecule has 25 heavy (non-hydrogen) atoms. The van der Waals surface area contributed by atoms with Gasteiger partial charge in [0.15, 0.2) is 0 Å². The summed E-state index contributed by atoms with van der Waals surface area (Å²) in [6.45, 7) is -3.04. The number of hydrogen-bond donors (Lipinski definition) is 2. The van der Waals surface area contributed by atoms with E-state index in [1.807, 2.05) is 0 Å². The van der Waals surface area contributed by atoms with Crippen LogP contribution in [0.4, 0.5) is 14.5 Å². The molecule has 0 atom stereocenters. The Bertz CT molecular complexity index is 916. The molecular weight excluding hydrogens is 354 g/mol. The zero-order valence-electron chi connectivity index (χ0n) is 12.8. The van der Waals surface area contributed by atoms with Crippen LogP contribution in [0.15, 0.2) is 47.4 Å². The molecule has 132 valence electrons. The Morgan fingerprint density at radius 2 is 2.00 bits per heavy atom. The Morgan fingerprint density at radius 3 is 2.76 bits per heavy atom. The third-order valence-corrected chi connectivity index (χ3v) is 5.00. The summed E-state index contributed by atoms with van der Waals surface area (Å²) in [6.07, 6.45) is 0.131. The molecule has 1 heterocycles. The number of carbonyl (C=O) groups excluding carboxylic acids is 1. The number of alkyl halides is 2. The fraction of sp³-hybridized carbons (Fsp3) is 0.188. The van der Waals surface area contributed by atoms with Crippen molar-refractivity contribution >= 4 is 21.6 Å². The molecule has 2 aromatic rings. The maximum Gasteiger partial charge on any atom is 0.387 e. The molecule has 1 aliphatic rings. The number of rotatable bonds is 6. The minimum atomic E-state index is -3.81. The number of nitrogens with one attached hydrogen (secondary N) is 2. The van der Waals surface area contributed by atoms with Gasteiger partial charge in [-0.1, -0.05) is 12.1 Å². The fourth-order valence-corrected chi connectivity index (χ4v) is 3.53. The third kappa shape index (κ3) is 4.12. The van der Waals surface area contributed by atoms with Gasteiger partial charge in [-0.05, 0) is 41.5 Å². The number of anilines is 1. The van der Waals surface area contributed by atoms with Gasteiger partial charge in [0.1, 0.15) is 5.75 Å². The van der Waals surface area contributed by atoms with E-state index in [4.69, 9.17) is 0 Å². The lowest BCUT2D eigenvalue weighted by atomic mass is 10.2. The van der Waals surface area contributed by atoms with Crippen molar-refractivity contribution < 1.29 is 26.7 Å². The third-order valence-electron chi connectivity index (χ3n) is 3.60. The van der Waals surface area contributed by atoms with Crippen LogP contribution in [-0.4, -0.2) is 20.9 Å². The Hall–Kier alpha value is -2.52. The van der Waals surface area contributed by atoms with E-state index in [0.29, 0.717) is 16.8 Å². The monoisotopic (exact) mass is 368 g/mol. The normalized spacial score (nSPS) is 13.6. The summed E-state index contributed by atoms with van der Waals surface area (Å²) in [4.78, 5) is 11.4. The summed E-state index contributed by atoms with van der Waals surface area (Å²) >= 11 is 0. The second kappa shape index (κ2) is 6.77. The minimum Gasteiger partial charge on any atom is -0.435 e. The smallest absolute Gasteiger partial charge is 0.387 e. The Labute approximate surface area is 142 Å². The van der Waals surface area contributed by atoms with Gasteiger partial charge in [0.2, 0.25) is 15.9 Å². The zero-order valence-corrected chi connectivity index (χ0v) is 13.6. The average molecular weight is 368 g/mol. The number of amides is 1. The molecule has 6 nitrogen and oxygen atoms in total. The quantitative estimate of drug-likeness (QED) is 0.819. The molecule has 0 fully saturated rings. The lowest BCUT2D eigenvalue weighted by molar-refractivity contribution is -0.115. The maximum atomic E-state index is 12.4. The fourth-order valence-electron chi connectivity index (χ4n) is 2.47. The number of fused-ring (bicyclic) bond motifs is 1. The van der Waals surface area contributed by atoms with Crippen LogP contribution < -0.4 is 14.8 Å². The lowest BCUT2D eigenvalue weighted by Crippen LogP contribution is -2.23. The van der Waals surface area contributed by atoms with Crippen LogP contribution in [-0.2, 0) is 27.8 Å². The molecule has 1 aliphatic heterocycles. The van der Waals surface area contributed by atoms with Gasteiger partial charge >= 0.3 is 6.61 Å². The maximum absolute atomic E-state index is 12.4. The van der Waals surface area contributed by atoms with Crippen LogP contribution in [0.2, 0.25) is 0 Å². The lowest BCUT2D eigenvalue weighted by Gasteiger charge is -2.10. The standard InChI is InChI=1S/C16H14F2N2O4S/c17-16(18)24-12-3-1-2-10(6-12)9-19-25(22,23)13-4-5-14-11(7-13)8-15(21)20-14/h1-7,16,19H,8-9H2,(H,20,21). The van der Waals surface area contributed by atoms with Crippen LogP contribution in [0.5, 0.6) is 5.75 Å². The van der Waals surface area contributed by atoms with Crippen molar-refractivity contribution in [1.29, 1.82) is 0 Å². The predicted octanol–water partition coefficient (Wildman–Crippen LogP) is 2.26. The van der Waals surface area contributed by atoms with E-state index in [0.717, 1.165) is 0 Å². The highest BCUT2D eigenvalue weighted by Gasteiger charge is 2.21. The topological polar surface area (TPSA) is 84.5 Å². The number of halogens is 2. The van der Waals surface area contributed by atoms with Gasteiger partial charge in [-0.15, -0.1) is 0 Å². The molecule has 0 aromatic heterocycles. The Balaban J connectivity index is 1.72. The number of sulfonamides is 1. The van der Waals surface area contributed by atoms with Crippen LogP contribution in [0.25, 0.3) is 0 Å². The molecular formula is C16H14F2N2O4S. The second-order valence-corrected chi connectivity index (χ2v) is 7.16. The van der Waals surface area contributed by atoms with Crippen LogP contribution in [0, 0.1) is 0 Å². The summed E-state index contributed by atoms with van der Waals surface area (Å²) in [7, 11) is -3.81. The zero-order chi connectivity index (χ0) is 18.0. The van der Waals surface area contributed by atoms with Crippen molar-refractivity contribution in [2.75, 3.05) is 5.32 Å². The van der Waals surface area contributed by atoms with E-state index in [-0.39, 0.29) is 29.5 Å². The predicted molar refractivity (Wildman–Crippen MR) is 85.9 cm³/mol. The number of benzene rings is 2. The molecule has 0 bridgehead atoms. The van der Waals surface area contributed by atoms with Gasteiger partial charge in [-0.25, -0.2) is 13.1 Å². The average Bonchev–Trinajstić information content (AvgIpc) is 2.92. The van der Waals surface area contributed by atoms with Gasteiger partial charge in [0.05, 0.1) is 11.3 Å². The van der Waals surface area contributed by atoms with Gasteiger partial charge in [-0.3, -0.25) is 4.79 Å². The molecule has 0 saturated heterocycles. The molecule has 0 saturated carbocycles. The van der Waals surface area contributed by atoms with E-state index in [1.165, 1.54) is 36.4 Å². The molecule has 0 radical (unpaired) electrons. The summed E-state index contributed by atoms with van der Waals surface area (Å²) < 4.78 is 55.9. The highest BCUT2D eigenvalue weighted by Crippen LogP contribution is 2.26. The van der Waals surface area contributed by atoms with Crippen molar-refractivity contribution in [2.45, 2.75) is 24.5 Å². The van der Waals surface area contributed by atoms with E-state index in [9.17, 15) is 22.0 Å². The molecule has 0 spiro atoms. The highest BCUT2D eigenvalue weighted by molar-refractivity contribution is 7.89. The largest absolute Gasteiger partial charge is 0.435 e. The van der Waals surface area contributed by atoms with Gasteiger partial charge < -0.3 is 10.1 Å².